The second-order valence-corrected chi connectivity index (χ2v) is 5.09. The van der Waals surface area contributed by atoms with Gasteiger partial charge < -0.3 is 15.6 Å². The van der Waals surface area contributed by atoms with Gasteiger partial charge in [0, 0.05) is 31.5 Å². The zero-order chi connectivity index (χ0) is 13.0. The summed E-state index contributed by atoms with van der Waals surface area (Å²) in [6, 6.07) is 0.331. The van der Waals surface area contributed by atoms with Crippen molar-refractivity contribution in [3.05, 3.63) is 22.7 Å². The Hall–Kier alpha value is -1.36. The van der Waals surface area contributed by atoms with E-state index in [0.717, 1.165) is 38.8 Å². The van der Waals surface area contributed by atoms with E-state index < -0.39 is 0 Å². The lowest BCUT2D eigenvalue weighted by molar-refractivity contribution is 0.563. The Morgan fingerprint density at radius 3 is 3.06 bits per heavy atom. The molecule has 18 heavy (non-hydrogen) atoms. The lowest BCUT2D eigenvalue weighted by Gasteiger charge is -2.12. The van der Waals surface area contributed by atoms with E-state index in [9.17, 15) is 4.79 Å². The molecule has 2 atom stereocenters. The van der Waals surface area contributed by atoms with Gasteiger partial charge in [0.2, 0.25) is 0 Å². The molecule has 0 radical (unpaired) electrons. The average Bonchev–Trinajstić information content (AvgIpc) is 2.77. The molecule has 1 fully saturated rings. The monoisotopic (exact) mass is 250 g/mol. The van der Waals surface area contributed by atoms with Crippen molar-refractivity contribution in [1.29, 1.82) is 0 Å². The predicted octanol–water partition coefficient (Wildman–Crippen LogP) is 1.19. The van der Waals surface area contributed by atoms with Crippen molar-refractivity contribution in [2.75, 3.05) is 11.9 Å². The smallest absolute Gasteiger partial charge is 0.293 e. The fraction of sp³-hybridized carbons (Fsp3) is 0.692. The molecule has 5 nitrogen and oxygen atoms in total. The van der Waals surface area contributed by atoms with E-state index >= 15 is 0 Å². The third-order valence-electron chi connectivity index (χ3n) is 3.52. The van der Waals surface area contributed by atoms with Crippen molar-refractivity contribution in [2.24, 2.45) is 11.7 Å². The molecule has 1 saturated carbocycles. The molecule has 1 aliphatic carbocycles. The number of nitrogens with zero attached hydrogens (tertiary/aromatic N) is 2. The average molecular weight is 250 g/mol. The van der Waals surface area contributed by atoms with Gasteiger partial charge in [0.15, 0.2) is 5.82 Å². The number of aromatic nitrogens is 2. The van der Waals surface area contributed by atoms with Gasteiger partial charge in [0.25, 0.3) is 5.56 Å². The fourth-order valence-corrected chi connectivity index (χ4v) is 2.53. The number of anilines is 1. The predicted molar refractivity (Wildman–Crippen MR) is 72.6 cm³/mol. The molecule has 0 aliphatic heterocycles. The first kappa shape index (κ1) is 13.1. The Morgan fingerprint density at radius 1 is 1.56 bits per heavy atom. The molecule has 0 amide bonds. The largest absolute Gasteiger partial charge is 0.365 e. The zero-order valence-corrected chi connectivity index (χ0v) is 10.9. The van der Waals surface area contributed by atoms with Crippen LogP contribution >= 0.6 is 0 Å². The summed E-state index contributed by atoms with van der Waals surface area (Å²) in [7, 11) is 0. The van der Waals surface area contributed by atoms with Crippen LogP contribution in [0.3, 0.4) is 0 Å². The maximum Gasteiger partial charge on any atom is 0.293 e. The Morgan fingerprint density at radius 2 is 2.39 bits per heavy atom. The molecule has 5 heteroatoms. The summed E-state index contributed by atoms with van der Waals surface area (Å²) in [6.45, 7) is 3.59. The Bertz CT molecular complexity index is 443. The highest BCUT2D eigenvalue weighted by Gasteiger charge is 2.21. The summed E-state index contributed by atoms with van der Waals surface area (Å²) in [5.41, 5.74) is 5.85. The van der Waals surface area contributed by atoms with Gasteiger partial charge >= 0.3 is 0 Å². The summed E-state index contributed by atoms with van der Waals surface area (Å²) in [6.07, 6.45) is 7.64. The van der Waals surface area contributed by atoms with Crippen LogP contribution in [0.2, 0.25) is 0 Å². The summed E-state index contributed by atoms with van der Waals surface area (Å²) in [5.74, 6) is 1.03. The van der Waals surface area contributed by atoms with Crippen LogP contribution < -0.4 is 16.6 Å². The molecule has 0 spiro atoms. The van der Waals surface area contributed by atoms with E-state index in [2.05, 4.69) is 17.2 Å². The Balaban J connectivity index is 1.97. The minimum Gasteiger partial charge on any atom is -0.365 e. The lowest BCUT2D eigenvalue weighted by atomic mass is 10.1. The zero-order valence-electron chi connectivity index (χ0n) is 10.9. The van der Waals surface area contributed by atoms with Gasteiger partial charge in [-0.05, 0) is 31.6 Å². The molecule has 2 rings (SSSR count). The van der Waals surface area contributed by atoms with Crippen molar-refractivity contribution in [3.63, 3.8) is 0 Å². The van der Waals surface area contributed by atoms with E-state index in [1.807, 2.05) is 0 Å². The first-order valence-electron chi connectivity index (χ1n) is 6.75. The summed E-state index contributed by atoms with van der Waals surface area (Å²) >= 11 is 0. The van der Waals surface area contributed by atoms with Crippen molar-refractivity contribution in [1.82, 2.24) is 9.55 Å². The lowest BCUT2D eigenvalue weighted by Crippen LogP contribution is -2.26. The highest BCUT2D eigenvalue weighted by Crippen LogP contribution is 2.23. The number of rotatable bonds is 5. The second-order valence-electron chi connectivity index (χ2n) is 5.09. The van der Waals surface area contributed by atoms with Crippen LogP contribution in [0.5, 0.6) is 0 Å². The van der Waals surface area contributed by atoms with Crippen LogP contribution in [0.15, 0.2) is 17.2 Å². The van der Waals surface area contributed by atoms with Gasteiger partial charge in [-0.3, -0.25) is 4.79 Å². The number of hydrogen-bond acceptors (Lipinski definition) is 4. The standard InChI is InChI=1S/C13H22N4O/c1-2-6-17-7-5-15-12(13(17)18)16-9-10-3-4-11(14)8-10/h5,7,10-11H,2-4,6,8-9,14H2,1H3,(H,15,16). The molecule has 3 N–H and O–H groups in total. The SMILES string of the molecule is CCCn1ccnc(NCC2CCC(N)C2)c1=O. The summed E-state index contributed by atoms with van der Waals surface area (Å²) in [5, 5.41) is 3.17. The topological polar surface area (TPSA) is 72.9 Å². The van der Waals surface area contributed by atoms with Gasteiger partial charge in [-0.25, -0.2) is 4.98 Å². The summed E-state index contributed by atoms with van der Waals surface area (Å²) in [4.78, 5) is 16.2. The van der Waals surface area contributed by atoms with E-state index in [-0.39, 0.29) is 5.56 Å². The van der Waals surface area contributed by atoms with Crippen LogP contribution in [-0.4, -0.2) is 22.1 Å². The van der Waals surface area contributed by atoms with E-state index in [1.54, 1.807) is 17.0 Å². The van der Waals surface area contributed by atoms with Gasteiger partial charge in [-0.1, -0.05) is 6.92 Å². The minimum atomic E-state index is -0.0263. The molecule has 100 valence electrons. The molecule has 0 saturated heterocycles. The van der Waals surface area contributed by atoms with Crippen LogP contribution in [0.1, 0.15) is 32.6 Å². The van der Waals surface area contributed by atoms with Gasteiger partial charge in [-0.15, -0.1) is 0 Å². The Kier molecular flexibility index (Phi) is 4.36. The fourth-order valence-electron chi connectivity index (χ4n) is 2.53. The number of nitrogens with one attached hydrogen (secondary N) is 1. The van der Waals surface area contributed by atoms with Crippen LogP contribution in [0.4, 0.5) is 5.82 Å². The molecule has 1 aromatic rings. The van der Waals surface area contributed by atoms with Crippen molar-refractivity contribution >= 4 is 5.82 Å². The second kappa shape index (κ2) is 6.00. The molecular weight excluding hydrogens is 228 g/mol. The highest BCUT2D eigenvalue weighted by atomic mass is 16.1. The van der Waals surface area contributed by atoms with Crippen LogP contribution in [-0.2, 0) is 6.54 Å². The first-order chi connectivity index (χ1) is 8.70. The number of nitrogens with two attached hydrogens (primary N) is 1. The molecular formula is C13H22N4O. The normalized spacial score (nSPS) is 23.2. The number of aryl methyl sites for hydroxylation is 1. The summed E-state index contributed by atoms with van der Waals surface area (Å²) < 4.78 is 1.70. The Labute approximate surface area is 107 Å². The van der Waals surface area contributed by atoms with Crippen LogP contribution in [0.25, 0.3) is 0 Å². The quantitative estimate of drug-likeness (QED) is 0.823. The maximum atomic E-state index is 12.0. The van der Waals surface area contributed by atoms with E-state index in [0.29, 0.717) is 17.8 Å². The van der Waals surface area contributed by atoms with Crippen molar-refractivity contribution in [2.45, 2.75) is 45.2 Å². The van der Waals surface area contributed by atoms with Crippen molar-refractivity contribution < 1.29 is 0 Å². The van der Waals surface area contributed by atoms with E-state index in [4.69, 9.17) is 5.73 Å². The first-order valence-corrected chi connectivity index (χ1v) is 6.75. The minimum absolute atomic E-state index is 0.0263. The number of hydrogen-bond donors (Lipinski definition) is 2. The third-order valence-corrected chi connectivity index (χ3v) is 3.52. The molecule has 0 bridgehead atoms. The van der Waals surface area contributed by atoms with Crippen LogP contribution in [0, 0.1) is 5.92 Å². The van der Waals surface area contributed by atoms with Gasteiger partial charge in [0.05, 0.1) is 0 Å². The maximum absolute atomic E-state index is 12.0. The molecule has 1 aromatic heterocycles. The highest BCUT2D eigenvalue weighted by molar-refractivity contribution is 5.30. The van der Waals surface area contributed by atoms with Gasteiger partial charge in [-0.2, -0.15) is 0 Å². The molecule has 0 aromatic carbocycles. The molecule has 1 heterocycles. The van der Waals surface area contributed by atoms with E-state index in [1.165, 1.54) is 0 Å². The van der Waals surface area contributed by atoms with Gasteiger partial charge in [0.1, 0.15) is 0 Å². The molecule has 1 aliphatic rings. The molecule has 2 unspecified atom stereocenters. The van der Waals surface area contributed by atoms with Crippen molar-refractivity contribution in [3.8, 4) is 0 Å². The third kappa shape index (κ3) is 3.10.